The summed E-state index contributed by atoms with van der Waals surface area (Å²) in [5.41, 5.74) is 3.65. The summed E-state index contributed by atoms with van der Waals surface area (Å²) in [4.78, 5) is 38.2. The highest BCUT2D eigenvalue weighted by Gasteiger charge is 2.27. The van der Waals surface area contributed by atoms with Gasteiger partial charge in [0.1, 0.15) is 5.76 Å². The van der Waals surface area contributed by atoms with Crippen molar-refractivity contribution in [3.8, 4) is 0 Å². The van der Waals surface area contributed by atoms with Crippen LogP contribution in [0.25, 0.3) is 0 Å². The van der Waals surface area contributed by atoms with E-state index in [0.29, 0.717) is 11.4 Å². The summed E-state index contributed by atoms with van der Waals surface area (Å²) in [6.45, 7) is 3.22. The summed E-state index contributed by atoms with van der Waals surface area (Å²) in [5, 5.41) is 7.96. The van der Waals surface area contributed by atoms with Crippen molar-refractivity contribution in [3.63, 3.8) is 0 Å². The molecule has 4 rings (SSSR count). The number of nitrogens with zero attached hydrogens (tertiary/aromatic N) is 1. The van der Waals surface area contributed by atoms with E-state index in [1.54, 1.807) is 30.5 Å². The van der Waals surface area contributed by atoms with Crippen LogP contribution in [0.4, 0.5) is 11.4 Å². The number of nitrogens with one attached hydrogen (secondary N) is 3. The Balaban J connectivity index is 1.37. The first kappa shape index (κ1) is 22.3. The lowest BCUT2D eigenvalue weighted by Crippen LogP contribution is -2.43. The molecular weight excluding hydrogens is 420 g/mol. The number of rotatable bonds is 6. The second kappa shape index (κ2) is 10.1. The Morgan fingerprint density at radius 2 is 1.61 bits per heavy atom. The Hall–Kier alpha value is -3.91. The molecule has 0 saturated heterocycles. The zero-order valence-electron chi connectivity index (χ0n) is 18.3. The van der Waals surface area contributed by atoms with Crippen molar-refractivity contribution in [2.24, 2.45) is 0 Å². The predicted octanol–water partition coefficient (Wildman–Crippen LogP) is 3.09. The fourth-order valence-corrected chi connectivity index (χ4v) is 3.97. The number of hydrogen-bond donors (Lipinski definition) is 3. The summed E-state index contributed by atoms with van der Waals surface area (Å²) >= 11 is 0. The van der Waals surface area contributed by atoms with Crippen LogP contribution in [0.1, 0.15) is 29.9 Å². The lowest BCUT2D eigenvalue weighted by Gasteiger charge is -2.34. The molecule has 1 aliphatic rings. The molecule has 0 radical (unpaired) electrons. The topological polar surface area (TPSA) is 104 Å². The Bertz CT molecular complexity index is 1130. The van der Waals surface area contributed by atoms with Crippen molar-refractivity contribution < 1.29 is 18.8 Å². The maximum Gasteiger partial charge on any atom is 0.313 e. The number of carbonyl (C=O) groups excluding carboxylic acids is 3. The zero-order chi connectivity index (χ0) is 23.2. The molecule has 0 fully saturated rings. The van der Waals surface area contributed by atoms with Crippen molar-refractivity contribution in [2.75, 3.05) is 23.7 Å². The van der Waals surface area contributed by atoms with E-state index < -0.39 is 11.8 Å². The van der Waals surface area contributed by atoms with Gasteiger partial charge in [0.05, 0.1) is 12.3 Å². The number of benzene rings is 2. The van der Waals surface area contributed by atoms with Gasteiger partial charge in [0.15, 0.2) is 0 Å². The average Bonchev–Trinajstić information content (AvgIpc) is 3.34. The van der Waals surface area contributed by atoms with Gasteiger partial charge in [-0.2, -0.15) is 0 Å². The number of fused-ring (bicyclic) bond motifs is 1. The fraction of sp³-hybridized carbons (Fsp3) is 0.240. The van der Waals surface area contributed by atoms with Crippen LogP contribution in [-0.4, -0.2) is 35.7 Å². The Morgan fingerprint density at radius 3 is 2.27 bits per heavy atom. The van der Waals surface area contributed by atoms with E-state index in [0.717, 1.165) is 25.3 Å². The monoisotopic (exact) mass is 446 g/mol. The molecule has 1 aliphatic heterocycles. The van der Waals surface area contributed by atoms with Gasteiger partial charge in [-0.05, 0) is 53.9 Å². The van der Waals surface area contributed by atoms with Crippen LogP contribution in [0, 0.1) is 0 Å². The summed E-state index contributed by atoms with van der Waals surface area (Å²) in [5.74, 6) is -0.933. The maximum absolute atomic E-state index is 12.5. The van der Waals surface area contributed by atoms with E-state index in [1.165, 1.54) is 18.1 Å². The van der Waals surface area contributed by atoms with Gasteiger partial charge < -0.3 is 20.4 Å². The van der Waals surface area contributed by atoms with Gasteiger partial charge in [0.2, 0.25) is 5.91 Å². The highest BCUT2D eigenvalue weighted by Crippen LogP contribution is 2.28. The molecule has 0 bridgehead atoms. The summed E-state index contributed by atoms with van der Waals surface area (Å²) in [6, 6.07) is 18.4. The van der Waals surface area contributed by atoms with E-state index in [-0.39, 0.29) is 18.5 Å². The molecule has 8 heteroatoms. The summed E-state index contributed by atoms with van der Waals surface area (Å²) in [6.07, 6.45) is 2.52. The molecule has 33 heavy (non-hydrogen) atoms. The molecule has 170 valence electrons. The molecule has 1 aromatic heterocycles. The molecule has 3 aromatic rings. The minimum atomic E-state index is -0.760. The lowest BCUT2D eigenvalue weighted by atomic mass is 9.98. The van der Waals surface area contributed by atoms with E-state index in [9.17, 15) is 14.4 Å². The number of furan rings is 1. The van der Waals surface area contributed by atoms with Gasteiger partial charge in [-0.25, -0.2) is 0 Å². The molecule has 1 atom stereocenters. The van der Waals surface area contributed by atoms with Crippen LogP contribution in [0.2, 0.25) is 0 Å². The second-order valence-electron chi connectivity index (χ2n) is 7.94. The average molecular weight is 447 g/mol. The second-order valence-corrected chi connectivity index (χ2v) is 7.94. The molecule has 3 N–H and O–H groups in total. The van der Waals surface area contributed by atoms with Crippen LogP contribution in [0.15, 0.2) is 71.3 Å². The smallest absolute Gasteiger partial charge is 0.313 e. The molecule has 2 aromatic carbocycles. The Labute approximate surface area is 192 Å². The highest BCUT2D eigenvalue weighted by molar-refractivity contribution is 6.39. The SMILES string of the molecule is CC(=O)Nc1ccc(NC(=O)C(=O)NC[C@H](c2ccco2)N2CCc3ccccc3C2)cc1. The van der Waals surface area contributed by atoms with Crippen LogP contribution in [-0.2, 0) is 27.3 Å². The standard InChI is InChI=1S/C25H26N4O4/c1-17(30)27-20-8-10-21(11-9-20)28-25(32)24(31)26-15-22(23-7-4-14-33-23)29-13-12-18-5-2-3-6-19(18)16-29/h2-11,14,22H,12-13,15-16H2,1H3,(H,26,31)(H,27,30)(H,28,32)/t22-/m1/s1. The molecule has 0 saturated carbocycles. The quantitative estimate of drug-likeness (QED) is 0.505. The summed E-state index contributed by atoms with van der Waals surface area (Å²) in [7, 11) is 0. The largest absolute Gasteiger partial charge is 0.468 e. The van der Waals surface area contributed by atoms with Gasteiger partial charge in [-0.15, -0.1) is 0 Å². The van der Waals surface area contributed by atoms with Crippen LogP contribution in [0.5, 0.6) is 0 Å². The predicted molar refractivity (Wildman–Crippen MR) is 124 cm³/mol. The third-order valence-corrected chi connectivity index (χ3v) is 5.60. The molecule has 0 aliphatic carbocycles. The zero-order valence-corrected chi connectivity index (χ0v) is 18.3. The molecule has 3 amide bonds. The van der Waals surface area contributed by atoms with Gasteiger partial charge >= 0.3 is 11.8 Å². The third kappa shape index (κ3) is 5.67. The van der Waals surface area contributed by atoms with Crippen molar-refractivity contribution in [1.82, 2.24) is 10.2 Å². The number of carbonyl (C=O) groups is 3. The van der Waals surface area contributed by atoms with Crippen molar-refractivity contribution in [3.05, 3.63) is 83.8 Å². The molecule has 0 spiro atoms. The van der Waals surface area contributed by atoms with Gasteiger partial charge in [-0.1, -0.05) is 24.3 Å². The molecule has 2 heterocycles. The fourth-order valence-electron chi connectivity index (χ4n) is 3.97. The van der Waals surface area contributed by atoms with Crippen molar-refractivity contribution in [2.45, 2.75) is 25.9 Å². The van der Waals surface area contributed by atoms with Gasteiger partial charge in [-0.3, -0.25) is 19.3 Å². The van der Waals surface area contributed by atoms with Gasteiger partial charge in [0, 0.05) is 37.9 Å². The first-order valence-corrected chi connectivity index (χ1v) is 10.8. The Kier molecular flexibility index (Phi) is 6.85. The van der Waals surface area contributed by atoms with Crippen LogP contribution >= 0.6 is 0 Å². The summed E-state index contributed by atoms with van der Waals surface area (Å²) < 4.78 is 5.64. The molecule has 8 nitrogen and oxygen atoms in total. The van der Waals surface area contributed by atoms with Gasteiger partial charge in [0.25, 0.3) is 0 Å². The maximum atomic E-state index is 12.5. The minimum absolute atomic E-state index is 0.186. The lowest BCUT2D eigenvalue weighted by molar-refractivity contribution is -0.136. The molecule has 0 unspecified atom stereocenters. The number of hydrogen-bond acceptors (Lipinski definition) is 5. The number of amides is 3. The van der Waals surface area contributed by atoms with E-state index >= 15 is 0 Å². The van der Waals surface area contributed by atoms with Crippen LogP contribution < -0.4 is 16.0 Å². The third-order valence-electron chi connectivity index (χ3n) is 5.60. The minimum Gasteiger partial charge on any atom is -0.468 e. The first-order chi connectivity index (χ1) is 16.0. The van der Waals surface area contributed by atoms with Crippen molar-refractivity contribution >= 4 is 29.1 Å². The van der Waals surface area contributed by atoms with E-state index in [1.807, 2.05) is 24.3 Å². The van der Waals surface area contributed by atoms with Crippen molar-refractivity contribution in [1.29, 1.82) is 0 Å². The normalized spacial score (nSPS) is 14.1. The number of anilines is 2. The first-order valence-electron chi connectivity index (χ1n) is 10.8. The van der Waals surface area contributed by atoms with Crippen LogP contribution in [0.3, 0.4) is 0 Å². The highest BCUT2D eigenvalue weighted by atomic mass is 16.3. The molecular formula is C25H26N4O4. The Morgan fingerprint density at radius 1 is 0.909 bits per heavy atom. The van der Waals surface area contributed by atoms with E-state index in [2.05, 4.69) is 33.0 Å². The van der Waals surface area contributed by atoms with E-state index in [4.69, 9.17) is 4.42 Å².